The van der Waals surface area contributed by atoms with Gasteiger partial charge in [-0.25, -0.2) is 4.68 Å². The van der Waals surface area contributed by atoms with Gasteiger partial charge in [0.1, 0.15) is 6.33 Å². The van der Waals surface area contributed by atoms with Gasteiger partial charge in [0.2, 0.25) is 0 Å². The number of aryl methyl sites for hydroxylation is 1. The second-order valence-corrected chi connectivity index (χ2v) is 6.02. The van der Waals surface area contributed by atoms with Gasteiger partial charge in [0.05, 0.1) is 10.7 Å². The number of rotatable bonds is 3. The fraction of sp³-hybridized carbons (Fsp3) is 0.0714. The van der Waals surface area contributed by atoms with Gasteiger partial charge in [0.15, 0.2) is 5.69 Å². The minimum Gasteiger partial charge on any atom is -0.288 e. The zero-order valence-electron chi connectivity index (χ0n) is 12.7. The van der Waals surface area contributed by atoms with E-state index in [1.54, 1.807) is 28.9 Å². The number of H-pyrrole nitrogens is 1. The first-order chi connectivity index (χ1) is 12.0. The van der Waals surface area contributed by atoms with Gasteiger partial charge < -0.3 is 0 Å². The maximum Gasteiger partial charge on any atom is 0.278 e. The zero-order valence-corrected chi connectivity index (χ0v) is 14.2. The third-order valence-electron chi connectivity index (χ3n) is 3.50. The number of carbonyl (C=O) groups excluding carboxylic acids is 1. The number of benzene rings is 1. The molecule has 25 heavy (non-hydrogen) atoms. The van der Waals surface area contributed by atoms with Crippen molar-refractivity contribution < 1.29 is 4.79 Å². The molecule has 11 heteroatoms. The van der Waals surface area contributed by atoms with Crippen molar-refractivity contribution >= 4 is 40.8 Å². The van der Waals surface area contributed by atoms with Gasteiger partial charge in [-0.15, -0.1) is 10.2 Å². The van der Waals surface area contributed by atoms with Crippen molar-refractivity contribution in [3.63, 3.8) is 0 Å². The molecule has 0 radical (unpaired) electrons. The summed E-state index contributed by atoms with van der Waals surface area (Å²) in [5.41, 5.74) is 1.57. The first-order valence-electron chi connectivity index (χ1n) is 7.11. The molecule has 4 aromatic rings. The molecule has 3 heterocycles. The van der Waals surface area contributed by atoms with Crippen LogP contribution in [0.15, 0.2) is 30.6 Å². The van der Waals surface area contributed by atoms with E-state index in [0.717, 1.165) is 5.69 Å². The molecule has 9 nitrogen and oxygen atoms in total. The number of amides is 1. The highest BCUT2D eigenvalue weighted by Gasteiger charge is 2.17. The normalized spacial score (nSPS) is 11.2. The number of nitrogens with zero attached hydrogens (tertiary/aromatic N) is 6. The molecule has 1 amide bonds. The van der Waals surface area contributed by atoms with Crippen LogP contribution in [0.4, 0.5) is 5.95 Å². The van der Waals surface area contributed by atoms with Gasteiger partial charge in [-0.2, -0.15) is 14.6 Å². The van der Waals surface area contributed by atoms with Crippen molar-refractivity contribution in [2.24, 2.45) is 0 Å². The molecule has 0 saturated heterocycles. The Kier molecular flexibility index (Phi) is 3.66. The molecular weight excluding hydrogens is 367 g/mol. The van der Waals surface area contributed by atoms with E-state index in [2.05, 4.69) is 30.7 Å². The van der Waals surface area contributed by atoms with Crippen LogP contribution in [0.2, 0.25) is 10.0 Å². The Balaban J connectivity index is 1.65. The second-order valence-electron chi connectivity index (χ2n) is 5.18. The fourth-order valence-corrected chi connectivity index (χ4v) is 2.84. The molecule has 3 aromatic heterocycles. The number of fused-ring (bicyclic) bond motifs is 1. The van der Waals surface area contributed by atoms with Crippen LogP contribution < -0.4 is 5.32 Å². The first kappa shape index (κ1) is 15.6. The van der Waals surface area contributed by atoms with Crippen LogP contribution >= 0.6 is 23.2 Å². The number of aromatic nitrogens is 7. The minimum absolute atomic E-state index is 0.208. The van der Waals surface area contributed by atoms with E-state index in [9.17, 15) is 4.79 Å². The van der Waals surface area contributed by atoms with Crippen LogP contribution in [0.3, 0.4) is 0 Å². The predicted octanol–water partition coefficient (Wildman–Crippen LogP) is 2.51. The van der Waals surface area contributed by atoms with Crippen molar-refractivity contribution in [3.8, 4) is 5.69 Å². The molecule has 0 saturated carbocycles. The third-order valence-corrected chi connectivity index (χ3v) is 4.03. The molecule has 0 unspecified atom stereocenters. The summed E-state index contributed by atoms with van der Waals surface area (Å²) in [6.07, 6.45) is 1.45. The Hall–Kier alpha value is -2.91. The standard InChI is InChI=1S/C14H10Cl2N8O/c1-7-4-10(22-23(7)11-3-2-8(15)5-9(11)16)12(25)19-14-21-20-13-17-6-18-24(13)14/h2-6H,1H3,(H,17,18,20)(H,19,21,25). The van der Waals surface area contributed by atoms with E-state index in [-0.39, 0.29) is 11.6 Å². The highest BCUT2D eigenvalue weighted by molar-refractivity contribution is 6.35. The fourth-order valence-electron chi connectivity index (χ4n) is 2.35. The van der Waals surface area contributed by atoms with Crippen molar-refractivity contribution in [1.29, 1.82) is 0 Å². The van der Waals surface area contributed by atoms with E-state index in [1.165, 1.54) is 10.8 Å². The monoisotopic (exact) mass is 376 g/mol. The number of aromatic amines is 1. The summed E-state index contributed by atoms with van der Waals surface area (Å²) in [4.78, 5) is 16.4. The summed E-state index contributed by atoms with van der Waals surface area (Å²) in [7, 11) is 0. The van der Waals surface area contributed by atoms with Crippen molar-refractivity contribution in [2.75, 3.05) is 5.32 Å². The van der Waals surface area contributed by atoms with E-state index in [0.29, 0.717) is 21.5 Å². The molecule has 0 aliphatic carbocycles. The average molecular weight is 377 g/mol. The van der Waals surface area contributed by atoms with Crippen LogP contribution in [0.5, 0.6) is 0 Å². The quantitative estimate of drug-likeness (QED) is 0.571. The Morgan fingerprint density at radius 2 is 2.08 bits per heavy atom. The van der Waals surface area contributed by atoms with Gasteiger partial charge in [-0.3, -0.25) is 15.2 Å². The summed E-state index contributed by atoms with van der Waals surface area (Å²) >= 11 is 12.1. The topological polar surface area (TPSA) is 106 Å². The molecule has 0 spiro atoms. The number of hydrogen-bond donors (Lipinski definition) is 2. The lowest BCUT2D eigenvalue weighted by molar-refractivity contribution is 0.102. The second kappa shape index (κ2) is 5.87. The van der Waals surface area contributed by atoms with Crippen LogP contribution in [0.1, 0.15) is 16.2 Å². The number of carbonyl (C=O) groups is 1. The summed E-state index contributed by atoms with van der Waals surface area (Å²) in [5.74, 6) is 0.134. The first-order valence-corrected chi connectivity index (χ1v) is 7.86. The number of anilines is 1. The predicted molar refractivity (Wildman–Crippen MR) is 91.4 cm³/mol. The number of nitrogens with one attached hydrogen (secondary N) is 2. The Morgan fingerprint density at radius 1 is 1.24 bits per heavy atom. The van der Waals surface area contributed by atoms with Crippen LogP contribution in [-0.2, 0) is 0 Å². The lowest BCUT2D eigenvalue weighted by atomic mass is 10.3. The van der Waals surface area contributed by atoms with Crippen molar-refractivity contribution in [3.05, 3.63) is 52.0 Å². The van der Waals surface area contributed by atoms with Gasteiger partial charge in [-0.1, -0.05) is 23.2 Å². The van der Waals surface area contributed by atoms with Crippen molar-refractivity contribution in [2.45, 2.75) is 6.92 Å². The lowest BCUT2D eigenvalue weighted by Crippen LogP contribution is -2.15. The molecular formula is C14H10Cl2N8O. The lowest BCUT2D eigenvalue weighted by Gasteiger charge is -2.06. The summed E-state index contributed by atoms with van der Waals surface area (Å²) in [5, 5.41) is 18.4. The van der Waals surface area contributed by atoms with Crippen LogP contribution in [0.25, 0.3) is 11.5 Å². The van der Waals surface area contributed by atoms with Crippen LogP contribution in [0, 0.1) is 6.92 Å². The molecule has 126 valence electrons. The minimum atomic E-state index is -0.434. The summed E-state index contributed by atoms with van der Waals surface area (Å²) < 4.78 is 3.01. The third kappa shape index (κ3) is 2.73. The number of hydrogen-bond acceptors (Lipinski definition) is 5. The summed E-state index contributed by atoms with van der Waals surface area (Å²) in [6, 6.07) is 6.70. The molecule has 2 N–H and O–H groups in total. The van der Waals surface area contributed by atoms with Gasteiger partial charge >= 0.3 is 0 Å². The number of halogens is 2. The maximum atomic E-state index is 12.5. The molecule has 0 fully saturated rings. The van der Waals surface area contributed by atoms with Crippen molar-refractivity contribution in [1.82, 2.24) is 34.6 Å². The Bertz CT molecular complexity index is 1100. The van der Waals surface area contributed by atoms with Crippen LogP contribution in [-0.4, -0.2) is 40.5 Å². The largest absolute Gasteiger partial charge is 0.288 e. The average Bonchev–Trinajstić information content (AvgIpc) is 3.25. The Morgan fingerprint density at radius 3 is 2.88 bits per heavy atom. The van der Waals surface area contributed by atoms with Gasteiger partial charge in [-0.05, 0) is 31.2 Å². The summed E-state index contributed by atoms with van der Waals surface area (Å²) in [6.45, 7) is 1.82. The van der Waals surface area contributed by atoms with E-state index in [1.807, 2.05) is 6.92 Å². The van der Waals surface area contributed by atoms with E-state index in [4.69, 9.17) is 23.2 Å². The molecule has 0 aliphatic rings. The molecule has 0 aliphatic heterocycles. The highest BCUT2D eigenvalue weighted by atomic mass is 35.5. The molecule has 1 aromatic carbocycles. The zero-order chi connectivity index (χ0) is 17.6. The van der Waals surface area contributed by atoms with E-state index >= 15 is 0 Å². The van der Waals surface area contributed by atoms with Gasteiger partial charge in [0, 0.05) is 10.7 Å². The molecule has 0 bridgehead atoms. The maximum absolute atomic E-state index is 12.5. The molecule has 0 atom stereocenters. The smallest absolute Gasteiger partial charge is 0.278 e. The highest BCUT2D eigenvalue weighted by Crippen LogP contribution is 2.25. The Labute approximate surface area is 150 Å². The SMILES string of the molecule is Cc1cc(C(=O)Nc2nnc3nc[nH]n23)nn1-c1ccc(Cl)cc1Cl. The van der Waals surface area contributed by atoms with Gasteiger partial charge in [0.25, 0.3) is 17.6 Å². The molecule has 4 rings (SSSR count). The van der Waals surface area contributed by atoms with E-state index < -0.39 is 5.91 Å².